The largest absolute Gasteiger partial charge is 0.411 e. The van der Waals surface area contributed by atoms with Crippen LogP contribution in [0, 0.1) is 0 Å². The van der Waals surface area contributed by atoms with Crippen LogP contribution >= 0.6 is 0 Å². The van der Waals surface area contributed by atoms with Gasteiger partial charge in [-0.1, -0.05) is 0 Å². The fourth-order valence-corrected chi connectivity index (χ4v) is 0.482. The first-order valence-corrected chi connectivity index (χ1v) is 3.23. The number of rotatable bonds is 5. The topological polar surface area (TPSA) is 18.5 Å². The number of hydrogen-bond donors (Lipinski definition) is 0. The zero-order valence-electron chi connectivity index (χ0n) is 6.53. The average molecular weight is 190 g/mol. The van der Waals surface area contributed by atoms with Crippen molar-refractivity contribution in [1.82, 2.24) is 0 Å². The third kappa shape index (κ3) is 6.36. The Morgan fingerprint density at radius 3 is 2.25 bits per heavy atom. The van der Waals surface area contributed by atoms with Crippen LogP contribution in [0.4, 0.5) is 17.6 Å². The second-order valence-electron chi connectivity index (χ2n) is 2.14. The van der Waals surface area contributed by atoms with Crippen LogP contribution < -0.4 is 0 Å². The summed E-state index contributed by atoms with van der Waals surface area (Å²) in [7, 11) is 1.21. The lowest BCUT2D eigenvalue weighted by molar-refractivity contribution is -0.180. The minimum absolute atomic E-state index is 0.382. The van der Waals surface area contributed by atoms with Crippen molar-refractivity contribution in [2.24, 2.45) is 0 Å². The van der Waals surface area contributed by atoms with Crippen LogP contribution in [-0.2, 0) is 9.47 Å². The molecule has 12 heavy (non-hydrogen) atoms. The molecule has 0 aromatic heterocycles. The Morgan fingerprint density at radius 1 is 1.33 bits per heavy atom. The van der Waals surface area contributed by atoms with Gasteiger partial charge < -0.3 is 9.47 Å². The van der Waals surface area contributed by atoms with Crippen molar-refractivity contribution in [3.8, 4) is 0 Å². The molecular weight excluding hydrogens is 180 g/mol. The maximum atomic E-state index is 11.8. The summed E-state index contributed by atoms with van der Waals surface area (Å²) in [6, 6.07) is 0. The lowest BCUT2D eigenvalue weighted by Gasteiger charge is -2.12. The molecule has 0 aliphatic heterocycles. The molecule has 0 rings (SSSR count). The van der Waals surface area contributed by atoms with Gasteiger partial charge in [0.1, 0.15) is 19.4 Å². The van der Waals surface area contributed by atoms with Gasteiger partial charge in [0, 0.05) is 7.11 Å². The predicted octanol–water partition coefficient (Wildman–Crippen LogP) is 1.55. The molecule has 0 aromatic carbocycles. The van der Waals surface area contributed by atoms with Crippen molar-refractivity contribution in [3.05, 3.63) is 0 Å². The van der Waals surface area contributed by atoms with Gasteiger partial charge in [0.15, 0.2) is 0 Å². The molecule has 0 aliphatic carbocycles. The van der Waals surface area contributed by atoms with Crippen molar-refractivity contribution >= 4 is 0 Å². The van der Waals surface area contributed by atoms with Crippen LogP contribution in [0.3, 0.4) is 0 Å². The highest BCUT2D eigenvalue weighted by molar-refractivity contribution is 4.54. The first-order chi connectivity index (χ1) is 5.49. The van der Waals surface area contributed by atoms with E-state index in [0.29, 0.717) is 0 Å². The van der Waals surface area contributed by atoms with E-state index >= 15 is 0 Å². The van der Waals surface area contributed by atoms with Crippen molar-refractivity contribution in [2.45, 2.75) is 12.3 Å². The molecule has 0 N–H and O–H groups in total. The molecule has 0 radical (unpaired) electrons. The molecule has 0 aliphatic rings. The summed E-state index contributed by atoms with van der Waals surface area (Å²) in [5.74, 6) is 0. The normalized spacial score (nSPS) is 14.8. The fourth-order valence-electron chi connectivity index (χ4n) is 0.482. The Morgan fingerprint density at radius 2 is 1.92 bits per heavy atom. The van der Waals surface area contributed by atoms with Gasteiger partial charge in [0.2, 0.25) is 0 Å². The lowest BCUT2D eigenvalue weighted by atomic mass is 10.4. The molecule has 2 nitrogen and oxygen atoms in total. The third-order valence-electron chi connectivity index (χ3n) is 1.07. The molecule has 0 amide bonds. The SMILES string of the molecule is COC(CF)COCC(F)(F)F. The Kier molecular flexibility index (Phi) is 5.16. The molecule has 0 saturated carbocycles. The van der Waals surface area contributed by atoms with Gasteiger partial charge in [0.25, 0.3) is 0 Å². The molecule has 1 atom stereocenters. The summed E-state index contributed by atoms with van der Waals surface area (Å²) in [4.78, 5) is 0. The molecular formula is C6H10F4O2. The summed E-state index contributed by atoms with van der Waals surface area (Å²) in [5, 5.41) is 0. The van der Waals surface area contributed by atoms with E-state index < -0.39 is 25.6 Å². The van der Waals surface area contributed by atoms with E-state index in [-0.39, 0.29) is 6.61 Å². The number of hydrogen-bond acceptors (Lipinski definition) is 2. The fraction of sp³-hybridized carbons (Fsp3) is 1.00. The highest BCUT2D eigenvalue weighted by Crippen LogP contribution is 2.14. The van der Waals surface area contributed by atoms with Crippen molar-refractivity contribution in [2.75, 3.05) is 27.0 Å². The van der Waals surface area contributed by atoms with Crippen molar-refractivity contribution < 1.29 is 27.0 Å². The Balaban J connectivity index is 3.41. The van der Waals surface area contributed by atoms with E-state index in [0.717, 1.165) is 0 Å². The second-order valence-corrected chi connectivity index (χ2v) is 2.14. The van der Waals surface area contributed by atoms with Gasteiger partial charge in [-0.15, -0.1) is 0 Å². The maximum absolute atomic E-state index is 11.8. The smallest absolute Gasteiger partial charge is 0.376 e. The van der Waals surface area contributed by atoms with Gasteiger partial charge in [-0.05, 0) is 0 Å². The standard InChI is InChI=1S/C6H10F4O2/c1-11-5(2-7)3-12-4-6(8,9)10/h5H,2-4H2,1H3. The van der Waals surface area contributed by atoms with E-state index in [9.17, 15) is 17.6 Å². The first-order valence-electron chi connectivity index (χ1n) is 3.23. The molecule has 74 valence electrons. The summed E-state index contributed by atoms with van der Waals surface area (Å²) in [5.41, 5.74) is 0. The van der Waals surface area contributed by atoms with Crippen LogP contribution in [0.1, 0.15) is 0 Å². The maximum Gasteiger partial charge on any atom is 0.411 e. The number of ether oxygens (including phenoxy) is 2. The van der Waals surface area contributed by atoms with E-state index in [1.165, 1.54) is 7.11 Å². The van der Waals surface area contributed by atoms with Gasteiger partial charge in [-0.3, -0.25) is 0 Å². The van der Waals surface area contributed by atoms with Gasteiger partial charge in [-0.2, -0.15) is 13.2 Å². The van der Waals surface area contributed by atoms with Crippen LogP contribution in [0.5, 0.6) is 0 Å². The van der Waals surface area contributed by atoms with Crippen LogP contribution in [0.2, 0.25) is 0 Å². The first kappa shape index (κ1) is 11.6. The number of alkyl halides is 4. The van der Waals surface area contributed by atoms with Crippen molar-refractivity contribution in [1.29, 1.82) is 0 Å². The van der Waals surface area contributed by atoms with E-state index in [2.05, 4.69) is 9.47 Å². The lowest BCUT2D eigenvalue weighted by Crippen LogP contribution is -2.25. The molecule has 0 heterocycles. The quantitative estimate of drug-likeness (QED) is 0.612. The van der Waals surface area contributed by atoms with Crippen LogP contribution in [0.15, 0.2) is 0 Å². The number of halogens is 4. The zero-order chi connectivity index (χ0) is 9.61. The van der Waals surface area contributed by atoms with E-state index in [4.69, 9.17) is 0 Å². The minimum atomic E-state index is -4.37. The summed E-state index contributed by atoms with van der Waals surface area (Å²) in [6.45, 7) is -2.60. The second kappa shape index (κ2) is 5.31. The Bertz CT molecular complexity index is 111. The van der Waals surface area contributed by atoms with Crippen LogP contribution in [0.25, 0.3) is 0 Å². The van der Waals surface area contributed by atoms with Gasteiger partial charge in [0.05, 0.1) is 6.61 Å². The van der Waals surface area contributed by atoms with E-state index in [1.807, 2.05) is 0 Å². The van der Waals surface area contributed by atoms with Crippen LogP contribution in [-0.4, -0.2) is 39.3 Å². The van der Waals surface area contributed by atoms with Gasteiger partial charge >= 0.3 is 6.18 Å². The highest BCUT2D eigenvalue weighted by atomic mass is 19.4. The third-order valence-corrected chi connectivity index (χ3v) is 1.07. The summed E-state index contributed by atoms with van der Waals surface area (Å²) in [6.07, 6.45) is -5.28. The molecule has 0 bridgehead atoms. The molecule has 0 aromatic rings. The molecule has 1 unspecified atom stereocenters. The Labute approximate surface area is 67.5 Å². The summed E-state index contributed by atoms with van der Waals surface area (Å²) < 4.78 is 54.8. The number of methoxy groups -OCH3 is 1. The Hall–Kier alpha value is -0.360. The predicted molar refractivity (Wildman–Crippen MR) is 33.6 cm³/mol. The zero-order valence-corrected chi connectivity index (χ0v) is 6.53. The monoisotopic (exact) mass is 190 g/mol. The molecule has 0 spiro atoms. The summed E-state index contributed by atoms with van der Waals surface area (Å²) >= 11 is 0. The molecule has 0 saturated heterocycles. The van der Waals surface area contributed by atoms with E-state index in [1.54, 1.807) is 0 Å². The molecule has 6 heteroatoms. The molecule has 0 fully saturated rings. The minimum Gasteiger partial charge on any atom is -0.376 e. The van der Waals surface area contributed by atoms with Gasteiger partial charge in [-0.25, -0.2) is 4.39 Å². The average Bonchev–Trinajstić information content (AvgIpc) is 1.96. The highest BCUT2D eigenvalue weighted by Gasteiger charge is 2.27. The van der Waals surface area contributed by atoms with Crippen molar-refractivity contribution in [3.63, 3.8) is 0 Å².